The molecule has 0 aliphatic carbocycles. The van der Waals surface area contributed by atoms with E-state index >= 15 is 0 Å². The summed E-state index contributed by atoms with van der Waals surface area (Å²) in [4.78, 5) is 19.0. The topological polar surface area (TPSA) is 55.1 Å². The van der Waals surface area contributed by atoms with Gasteiger partial charge in [-0.1, -0.05) is 6.07 Å². The van der Waals surface area contributed by atoms with Crippen LogP contribution in [0.25, 0.3) is 9.88 Å². The number of carbonyl (C=O) groups is 1. The quantitative estimate of drug-likeness (QED) is 0.774. The molecule has 0 spiro atoms. The predicted molar refractivity (Wildman–Crippen MR) is 89.5 cm³/mol. The molecule has 6 heteroatoms. The number of thiazole rings is 1. The Morgan fingerprint density at radius 1 is 1.36 bits per heavy atom. The number of furan rings is 1. The molecule has 3 aromatic rings. The SMILES string of the molecule is Cc1cc(C(=O)NCc2sc(-c3cccs3)nc2C)c(C)o1. The zero-order chi connectivity index (χ0) is 15.7. The van der Waals surface area contributed by atoms with Crippen molar-refractivity contribution in [3.63, 3.8) is 0 Å². The fraction of sp³-hybridized carbons (Fsp3) is 0.250. The minimum Gasteiger partial charge on any atom is -0.466 e. The van der Waals surface area contributed by atoms with Gasteiger partial charge in [0, 0.05) is 4.88 Å². The summed E-state index contributed by atoms with van der Waals surface area (Å²) in [5.74, 6) is 1.28. The molecule has 0 radical (unpaired) electrons. The number of hydrogen-bond donors (Lipinski definition) is 1. The first-order chi connectivity index (χ1) is 10.5. The Labute approximate surface area is 136 Å². The number of aryl methyl sites for hydroxylation is 3. The molecule has 0 saturated heterocycles. The van der Waals surface area contributed by atoms with Crippen LogP contribution in [0.5, 0.6) is 0 Å². The molecule has 0 bridgehead atoms. The molecule has 0 aliphatic heterocycles. The smallest absolute Gasteiger partial charge is 0.255 e. The van der Waals surface area contributed by atoms with Gasteiger partial charge < -0.3 is 9.73 Å². The van der Waals surface area contributed by atoms with Crippen LogP contribution in [0.15, 0.2) is 28.0 Å². The van der Waals surface area contributed by atoms with Crippen molar-refractivity contribution < 1.29 is 9.21 Å². The first-order valence-electron chi connectivity index (χ1n) is 6.90. The van der Waals surface area contributed by atoms with E-state index in [0.29, 0.717) is 17.9 Å². The number of amides is 1. The van der Waals surface area contributed by atoms with E-state index in [9.17, 15) is 4.79 Å². The van der Waals surface area contributed by atoms with Gasteiger partial charge in [-0.05, 0) is 38.3 Å². The van der Waals surface area contributed by atoms with E-state index in [1.54, 1.807) is 35.7 Å². The third-order valence-corrected chi connectivity index (χ3v) is 5.52. The van der Waals surface area contributed by atoms with Crippen molar-refractivity contribution in [3.8, 4) is 9.88 Å². The van der Waals surface area contributed by atoms with Crippen LogP contribution >= 0.6 is 22.7 Å². The number of nitrogens with one attached hydrogen (secondary N) is 1. The van der Waals surface area contributed by atoms with Gasteiger partial charge in [0.15, 0.2) is 0 Å². The van der Waals surface area contributed by atoms with Crippen molar-refractivity contribution in [1.82, 2.24) is 10.3 Å². The van der Waals surface area contributed by atoms with Gasteiger partial charge in [0.25, 0.3) is 5.91 Å². The Morgan fingerprint density at radius 3 is 2.82 bits per heavy atom. The average molecular weight is 332 g/mol. The number of aromatic nitrogens is 1. The molecule has 114 valence electrons. The second-order valence-corrected chi connectivity index (χ2v) is 7.05. The molecule has 1 N–H and O–H groups in total. The molecule has 1 amide bonds. The molecular formula is C16H16N2O2S2. The summed E-state index contributed by atoms with van der Waals surface area (Å²) in [6.07, 6.45) is 0. The third kappa shape index (κ3) is 2.98. The Balaban J connectivity index is 1.72. The van der Waals surface area contributed by atoms with Crippen LogP contribution in [0.3, 0.4) is 0 Å². The number of hydrogen-bond acceptors (Lipinski definition) is 5. The van der Waals surface area contributed by atoms with Gasteiger partial charge in [-0.3, -0.25) is 4.79 Å². The predicted octanol–water partition coefficient (Wildman–Crippen LogP) is 4.32. The Kier molecular flexibility index (Phi) is 4.13. The van der Waals surface area contributed by atoms with Crippen molar-refractivity contribution >= 4 is 28.6 Å². The molecule has 0 atom stereocenters. The second-order valence-electron chi connectivity index (χ2n) is 5.01. The number of rotatable bonds is 4. The van der Waals surface area contributed by atoms with Crippen LogP contribution in [0.1, 0.15) is 32.4 Å². The van der Waals surface area contributed by atoms with Gasteiger partial charge >= 0.3 is 0 Å². The number of nitrogens with zero attached hydrogens (tertiary/aromatic N) is 1. The van der Waals surface area contributed by atoms with E-state index in [1.165, 1.54) is 0 Å². The molecule has 22 heavy (non-hydrogen) atoms. The van der Waals surface area contributed by atoms with Gasteiger partial charge in [-0.25, -0.2) is 4.98 Å². The zero-order valence-corrected chi connectivity index (χ0v) is 14.2. The van der Waals surface area contributed by atoms with Crippen LogP contribution in [0, 0.1) is 20.8 Å². The van der Waals surface area contributed by atoms with Crippen molar-refractivity contribution in [1.29, 1.82) is 0 Å². The van der Waals surface area contributed by atoms with Gasteiger partial charge in [0.1, 0.15) is 16.5 Å². The van der Waals surface area contributed by atoms with Crippen LogP contribution in [0.4, 0.5) is 0 Å². The van der Waals surface area contributed by atoms with Crippen molar-refractivity contribution in [2.45, 2.75) is 27.3 Å². The summed E-state index contributed by atoms with van der Waals surface area (Å²) >= 11 is 3.30. The Hall–Kier alpha value is -1.92. The van der Waals surface area contributed by atoms with E-state index in [2.05, 4.69) is 16.4 Å². The lowest BCUT2D eigenvalue weighted by Gasteiger charge is -2.02. The maximum Gasteiger partial charge on any atom is 0.255 e. The fourth-order valence-electron chi connectivity index (χ4n) is 2.21. The van der Waals surface area contributed by atoms with Crippen LogP contribution in [-0.2, 0) is 6.54 Å². The van der Waals surface area contributed by atoms with Crippen LogP contribution in [0.2, 0.25) is 0 Å². The summed E-state index contributed by atoms with van der Waals surface area (Å²) in [6, 6.07) is 5.84. The van der Waals surface area contributed by atoms with Gasteiger partial charge in [0.05, 0.1) is 22.7 Å². The molecule has 3 rings (SSSR count). The Morgan fingerprint density at radius 2 is 2.18 bits per heavy atom. The first kappa shape index (κ1) is 15.0. The monoisotopic (exact) mass is 332 g/mol. The minimum atomic E-state index is -0.111. The number of carbonyl (C=O) groups excluding carboxylic acids is 1. The molecule has 0 unspecified atom stereocenters. The number of thiophene rings is 1. The lowest BCUT2D eigenvalue weighted by atomic mass is 10.2. The molecule has 0 fully saturated rings. The molecule has 3 heterocycles. The lowest BCUT2D eigenvalue weighted by molar-refractivity contribution is 0.0949. The maximum absolute atomic E-state index is 12.2. The molecule has 0 aromatic carbocycles. The Bertz CT molecular complexity index is 800. The third-order valence-electron chi connectivity index (χ3n) is 3.32. The van der Waals surface area contributed by atoms with Gasteiger partial charge in [0.2, 0.25) is 0 Å². The van der Waals surface area contributed by atoms with E-state index in [-0.39, 0.29) is 5.91 Å². The van der Waals surface area contributed by atoms with Gasteiger partial charge in [-0.15, -0.1) is 22.7 Å². The first-order valence-corrected chi connectivity index (χ1v) is 8.59. The van der Waals surface area contributed by atoms with Crippen LogP contribution in [-0.4, -0.2) is 10.9 Å². The average Bonchev–Trinajstić information content (AvgIpc) is 3.17. The second kappa shape index (κ2) is 6.06. The van der Waals surface area contributed by atoms with E-state index in [4.69, 9.17) is 4.42 Å². The van der Waals surface area contributed by atoms with Gasteiger partial charge in [-0.2, -0.15) is 0 Å². The summed E-state index contributed by atoms with van der Waals surface area (Å²) in [7, 11) is 0. The fourth-order valence-corrected chi connectivity index (χ4v) is 4.01. The van der Waals surface area contributed by atoms with Crippen molar-refractivity contribution in [3.05, 3.63) is 51.2 Å². The van der Waals surface area contributed by atoms with Crippen molar-refractivity contribution in [2.24, 2.45) is 0 Å². The summed E-state index contributed by atoms with van der Waals surface area (Å²) in [6.45, 7) is 6.10. The van der Waals surface area contributed by atoms with E-state index in [1.807, 2.05) is 25.3 Å². The molecule has 4 nitrogen and oxygen atoms in total. The zero-order valence-electron chi connectivity index (χ0n) is 12.6. The van der Waals surface area contributed by atoms with E-state index < -0.39 is 0 Å². The summed E-state index contributed by atoms with van der Waals surface area (Å²) in [5, 5.41) is 5.99. The highest BCUT2D eigenvalue weighted by Gasteiger charge is 2.15. The highest BCUT2D eigenvalue weighted by atomic mass is 32.1. The van der Waals surface area contributed by atoms with E-state index in [0.717, 1.165) is 26.2 Å². The molecule has 0 aliphatic rings. The summed E-state index contributed by atoms with van der Waals surface area (Å²) in [5.41, 5.74) is 1.56. The molecule has 3 aromatic heterocycles. The van der Waals surface area contributed by atoms with Crippen molar-refractivity contribution in [2.75, 3.05) is 0 Å². The molecule has 0 saturated carbocycles. The van der Waals surface area contributed by atoms with Crippen LogP contribution < -0.4 is 5.32 Å². The minimum absolute atomic E-state index is 0.111. The summed E-state index contributed by atoms with van der Waals surface area (Å²) < 4.78 is 5.40. The maximum atomic E-state index is 12.2. The largest absolute Gasteiger partial charge is 0.466 e. The highest BCUT2D eigenvalue weighted by molar-refractivity contribution is 7.21. The molecular weight excluding hydrogens is 316 g/mol. The normalized spacial score (nSPS) is 10.9. The highest BCUT2D eigenvalue weighted by Crippen LogP contribution is 2.31. The standard InChI is InChI=1S/C16H16N2O2S2/c1-9-7-12(11(3)20-9)15(19)17-8-14-10(2)18-16(22-14)13-5-4-6-21-13/h4-7H,8H2,1-3H3,(H,17,19). The lowest BCUT2D eigenvalue weighted by Crippen LogP contribution is -2.22.